The Morgan fingerprint density at radius 1 is 1.19 bits per heavy atom. The summed E-state index contributed by atoms with van der Waals surface area (Å²) in [7, 11) is 0. The highest BCUT2D eigenvalue weighted by Crippen LogP contribution is 2.29. The smallest absolute Gasteiger partial charge is 0.336 e. The number of nitrogens with zero attached hydrogens (tertiary/aromatic N) is 1. The Labute approximate surface area is 171 Å². The summed E-state index contributed by atoms with van der Waals surface area (Å²) in [4.78, 5) is 16.0. The first kappa shape index (κ1) is 19.7. The van der Waals surface area contributed by atoms with E-state index in [0.29, 0.717) is 21.6 Å². The Kier molecular flexibility index (Phi) is 6.05. The number of aromatic nitrogens is 1. The molecule has 0 saturated heterocycles. The summed E-state index contributed by atoms with van der Waals surface area (Å²) >= 11 is 13.4. The van der Waals surface area contributed by atoms with E-state index in [1.807, 2.05) is 5.38 Å². The molecule has 2 N–H and O–H groups in total. The molecule has 0 aliphatic rings. The van der Waals surface area contributed by atoms with Crippen LogP contribution < -0.4 is 5.32 Å². The summed E-state index contributed by atoms with van der Waals surface area (Å²) in [5.41, 5.74) is 3.89. The number of halogens is 2. The van der Waals surface area contributed by atoms with E-state index < -0.39 is 5.97 Å². The van der Waals surface area contributed by atoms with Gasteiger partial charge in [0.1, 0.15) is 0 Å². The number of carboxylic acids is 1. The Hall–Kier alpha value is -2.08. The van der Waals surface area contributed by atoms with Crippen LogP contribution in [0.15, 0.2) is 41.8 Å². The van der Waals surface area contributed by atoms with Gasteiger partial charge in [0, 0.05) is 17.5 Å². The molecule has 0 spiro atoms. The van der Waals surface area contributed by atoms with E-state index in [4.69, 9.17) is 23.2 Å². The predicted molar refractivity (Wildman–Crippen MR) is 112 cm³/mol. The van der Waals surface area contributed by atoms with Crippen molar-refractivity contribution in [1.29, 1.82) is 0 Å². The number of anilines is 1. The second-order valence-electron chi connectivity index (χ2n) is 6.40. The third-order valence-electron chi connectivity index (χ3n) is 4.18. The van der Waals surface area contributed by atoms with Gasteiger partial charge in [0.2, 0.25) is 0 Å². The fourth-order valence-corrected chi connectivity index (χ4v) is 3.70. The van der Waals surface area contributed by atoms with Crippen molar-refractivity contribution in [2.75, 3.05) is 5.32 Å². The van der Waals surface area contributed by atoms with Crippen molar-refractivity contribution >= 4 is 45.6 Å². The van der Waals surface area contributed by atoms with Crippen LogP contribution in [0.4, 0.5) is 5.13 Å². The minimum absolute atomic E-state index is 0.123. The van der Waals surface area contributed by atoms with Gasteiger partial charge in [-0.15, -0.1) is 11.3 Å². The molecule has 0 unspecified atom stereocenters. The lowest BCUT2D eigenvalue weighted by molar-refractivity contribution is 0.0696. The van der Waals surface area contributed by atoms with Crippen molar-refractivity contribution in [2.45, 2.75) is 26.3 Å². The number of carbonyl (C=O) groups is 1. The van der Waals surface area contributed by atoms with E-state index >= 15 is 0 Å². The molecule has 1 aromatic heterocycles. The number of benzene rings is 2. The van der Waals surface area contributed by atoms with Gasteiger partial charge in [-0.2, -0.15) is 0 Å². The van der Waals surface area contributed by atoms with Crippen LogP contribution in [0.25, 0.3) is 11.3 Å². The zero-order valence-electron chi connectivity index (χ0n) is 14.8. The minimum atomic E-state index is -1.05. The number of thiazole rings is 1. The van der Waals surface area contributed by atoms with Gasteiger partial charge in [0.15, 0.2) is 5.13 Å². The molecular weight excluding hydrogens is 403 g/mol. The lowest BCUT2D eigenvalue weighted by Crippen LogP contribution is -2.07. The van der Waals surface area contributed by atoms with E-state index in [9.17, 15) is 9.90 Å². The van der Waals surface area contributed by atoms with Gasteiger partial charge < -0.3 is 10.4 Å². The monoisotopic (exact) mass is 420 g/mol. The molecule has 2 aromatic carbocycles. The van der Waals surface area contributed by atoms with Crippen LogP contribution >= 0.6 is 34.5 Å². The van der Waals surface area contributed by atoms with Crippen LogP contribution in [0.2, 0.25) is 10.0 Å². The largest absolute Gasteiger partial charge is 0.478 e. The van der Waals surface area contributed by atoms with Crippen molar-refractivity contribution in [2.24, 2.45) is 0 Å². The highest BCUT2D eigenvalue weighted by atomic mass is 35.5. The molecule has 0 aliphatic heterocycles. The minimum Gasteiger partial charge on any atom is -0.478 e. The van der Waals surface area contributed by atoms with Crippen molar-refractivity contribution in [3.8, 4) is 11.3 Å². The molecule has 4 nitrogen and oxygen atoms in total. The fourth-order valence-electron chi connectivity index (χ4n) is 2.63. The van der Waals surface area contributed by atoms with Gasteiger partial charge in [0.05, 0.1) is 21.3 Å². The highest BCUT2D eigenvalue weighted by molar-refractivity contribution is 7.14. The second kappa shape index (κ2) is 8.30. The third-order valence-corrected chi connectivity index (χ3v) is 5.71. The third kappa shape index (κ3) is 4.61. The summed E-state index contributed by atoms with van der Waals surface area (Å²) in [5, 5.41) is 15.7. The van der Waals surface area contributed by atoms with E-state index in [2.05, 4.69) is 48.4 Å². The summed E-state index contributed by atoms with van der Waals surface area (Å²) in [5.74, 6) is -0.559. The first-order chi connectivity index (χ1) is 12.8. The van der Waals surface area contributed by atoms with Crippen LogP contribution in [0.5, 0.6) is 0 Å². The van der Waals surface area contributed by atoms with Crippen molar-refractivity contribution in [3.63, 3.8) is 0 Å². The van der Waals surface area contributed by atoms with E-state index in [-0.39, 0.29) is 17.1 Å². The number of carboxylic acid groups (broad SMARTS) is 1. The molecule has 0 saturated carbocycles. The number of rotatable bonds is 6. The van der Waals surface area contributed by atoms with Crippen molar-refractivity contribution < 1.29 is 9.90 Å². The molecule has 3 aromatic rings. The van der Waals surface area contributed by atoms with Gasteiger partial charge in [-0.05, 0) is 29.2 Å². The van der Waals surface area contributed by atoms with Gasteiger partial charge in [-0.3, -0.25) is 0 Å². The molecule has 0 radical (unpaired) electrons. The molecule has 0 fully saturated rings. The van der Waals surface area contributed by atoms with Gasteiger partial charge in [-0.1, -0.05) is 61.3 Å². The zero-order valence-corrected chi connectivity index (χ0v) is 17.1. The number of hydrogen-bond donors (Lipinski definition) is 2. The van der Waals surface area contributed by atoms with E-state index in [0.717, 1.165) is 11.3 Å². The van der Waals surface area contributed by atoms with Crippen LogP contribution in [0.3, 0.4) is 0 Å². The lowest BCUT2D eigenvalue weighted by atomic mass is 10.0. The quantitative estimate of drug-likeness (QED) is 0.474. The second-order valence-corrected chi connectivity index (χ2v) is 8.07. The standard InChI is InChI=1S/C20H18Cl2N2O2S/c1-11(2)12-3-5-13(6-4-12)18-10-27-20(24-18)23-9-14-7-16(21)17(22)8-15(14)19(25)26/h3-8,10-11H,9H2,1-2H3,(H,23,24)(H,25,26). The SMILES string of the molecule is CC(C)c1ccc(-c2csc(NCc3cc(Cl)c(Cl)cc3C(=O)O)n2)cc1. The Morgan fingerprint density at radius 2 is 1.85 bits per heavy atom. The topological polar surface area (TPSA) is 62.2 Å². The van der Waals surface area contributed by atoms with Crippen LogP contribution in [0, 0.1) is 0 Å². The molecule has 3 rings (SSSR count). The summed E-state index contributed by atoms with van der Waals surface area (Å²) in [6, 6.07) is 11.3. The molecule has 1 heterocycles. The maximum Gasteiger partial charge on any atom is 0.336 e. The van der Waals surface area contributed by atoms with E-state index in [1.54, 1.807) is 6.07 Å². The zero-order chi connectivity index (χ0) is 19.6. The Morgan fingerprint density at radius 3 is 2.48 bits per heavy atom. The fraction of sp³-hybridized carbons (Fsp3) is 0.200. The molecule has 140 valence electrons. The molecule has 0 amide bonds. The summed E-state index contributed by atoms with van der Waals surface area (Å²) in [6.45, 7) is 4.61. The Balaban J connectivity index is 1.75. The summed E-state index contributed by atoms with van der Waals surface area (Å²) in [6.07, 6.45) is 0. The molecule has 0 bridgehead atoms. The average molecular weight is 421 g/mol. The van der Waals surface area contributed by atoms with Crippen molar-refractivity contribution in [3.05, 3.63) is 68.5 Å². The normalized spacial score (nSPS) is 11.0. The first-order valence-corrected chi connectivity index (χ1v) is 9.99. The van der Waals surface area contributed by atoms with Gasteiger partial charge in [-0.25, -0.2) is 9.78 Å². The molecule has 7 heteroatoms. The molecule has 0 atom stereocenters. The van der Waals surface area contributed by atoms with E-state index in [1.165, 1.54) is 23.0 Å². The lowest BCUT2D eigenvalue weighted by Gasteiger charge is -2.09. The van der Waals surface area contributed by atoms with Gasteiger partial charge >= 0.3 is 5.97 Å². The maximum atomic E-state index is 11.4. The molecular formula is C20H18Cl2N2O2S. The summed E-state index contributed by atoms with van der Waals surface area (Å²) < 4.78 is 0. The maximum absolute atomic E-state index is 11.4. The predicted octanol–water partition coefficient (Wildman–Crippen LogP) is 6.55. The number of nitrogens with one attached hydrogen (secondary N) is 1. The van der Waals surface area contributed by atoms with Gasteiger partial charge in [0.25, 0.3) is 0 Å². The van der Waals surface area contributed by atoms with Crippen LogP contribution in [-0.4, -0.2) is 16.1 Å². The molecule has 27 heavy (non-hydrogen) atoms. The average Bonchev–Trinajstić information content (AvgIpc) is 3.11. The highest BCUT2D eigenvalue weighted by Gasteiger charge is 2.14. The molecule has 0 aliphatic carbocycles. The number of hydrogen-bond acceptors (Lipinski definition) is 4. The first-order valence-electron chi connectivity index (χ1n) is 8.36. The number of aromatic carboxylic acids is 1. The van der Waals surface area contributed by atoms with Crippen LogP contribution in [-0.2, 0) is 6.54 Å². The van der Waals surface area contributed by atoms with Crippen molar-refractivity contribution in [1.82, 2.24) is 4.98 Å². The Bertz CT molecular complexity index is 969. The van der Waals surface area contributed by atoms with Crippen LogP contribution in [0.1, 0.15) is 41.3 Å².